The standard InChI is InChI=1S/C17H25N3/c1-3-11-18-16(14-15-8-6-5-7-9-15)17-10-12-19-20(17)13-4-2/h5-10,12,16,18H,3-4,11,13-14H2,1-2H3. The van der Waals surface area contributed by atoms with Crippen molar-refractivity contribution in [2.45, 2.75) is 45.7 Å². The Labute approximate surface area is 122 Å². The van der Waals surface area contributed by atoms with Gasteiger partial charge in [-0.2, -0.15) is 5.10 Å². The normalized spacial score (nSPS) is 12.5. The molecule has 1 N–H and O–H groups in total. The highest BCUT2D eigenvalue weighted by Crippen LogP contribution is 2.18. The summed E-state index contributed by atoms with van der Waals surface area (Å²) >= 11 is 0. The summed E-state index contributed by atoms with van der Waals surface area (Å²) in [4.78, 5) is 0. The number of aryl methyl sites for hydroxylation is 1. The van der Waals surface area contributed by atoms with Crippen molar-refractivity contribution in [3.05, 3.63) is 53.9 Å². The molecule has 1 unspecified atom stereocenters. The molecular formula is C17H25N3. The molecule has 20 heavy (non-hydrogen) atoms. The SMILES string of the molecule is CCCNC(Cc1ccccc1)c1ccnn1CCC. The second-order valence-electron chi connectivity index (χ2n) is 5.18. The van der Waals surface area contributed by atoms with Gasteiger partial charge in [0.15, 0.2) is 0 Å². The Morgan fingerprint density at radius 3 is 2.60 bits per heavy atom. The van der Waals surface area contributed by atoms with Crippen LogP contribution in [0.5, 0.6) is 0 Å². The van der Waals surface area contributed by atoms with Crippen molar-refractivity contribution in [2.24, 2.45) is 0 Å². The van der Waals surface area contributed by atoms with Crippen molar-refractivity contribution in [3.63, 3.8) is 0 Å². The molecule has 0 aliphatic rings. The zero-order valence-corrected chi connectivity index (χ0v) is 12.5. The van der Waals surface area contributed by atoms with Crippen molar-refractivity contribution in [3.8, 4) is 0 Å². The average molecular weight is 271 g/mol. The predicted octanol–water partition coefficient (Wildman–Crippen LogP) is 3.58. The van der Waals surface area contributed by atoms with E-state index in [0.29, 0.717) is 6.04 Å². The summed E-state index contributed by atoms with van der Waals surface area (Å²) in [6.07, 6.45) is 5.18. The summed E-state index contributed by atoms with van der Waals surface area (Å²) in [5.74, 6) is 0. The second-order valence-corrected chi connectivity index (χ2v) is 5.18. The van der Waals surface area contributed by atoms with Gasteiger partial charge in [-0.25, -0.2) is 0 Å². The Balaban J connectivity index is 2.16. The highest BCUT2D eigenvalue weighted by atomic mass is 15.3. The summed E-state index contributed by atoms with van der Waals surface area (Å²) in [5, 5.41) is 8.11. The van der Waals surface area contributed by atoms with E-state index >= 15 is 0 Å². The fraction of sp³-hybridized carbons (Fsp3) is 0.471. The third kappa shape index (κ3) is 3.94. The fourth-order valence-corrected chi connectivity index (χ4v) is 2.49. The quantitative estimate of drug-likeness (QED) is 0.795. The molecule has 0 saturated carbocycles. The predicted molar refractivity (Wildman–Crippen MR) is 83.7 cm³/mol. The molecule has 0 bridgehead atoms. The molecule has 108 valence electrons. The molecule has 2 aromatic rings. The number of benzene rings is 1. The third-order valence-corrected chi connectivity index (χ3v) is 3.47. The van der Waals surface area contributed by atoms with E-state index in [2.05, 4.69) is 65.3 Å². The van der Waals surface area contributed by atoms with Crippen LogP contribution < -0.4 is 5.32 Å². The average Bonchev–Trinajstić information content (AvgIpc) is 2.93. The summed E-state index contributed by atoms with van der Waals surface area (Å²) in [6.45, 7) is 6.42. The van der Waals surface area contributed by atoms with Crippen LogP contribution in [-0.4, -0.2) is 16.3 Å². The lowest BCUT2D eigenvalue weighted by Crippen LogP contribution is -2.26. The van der Waals surface area contributed by atoms with E-state index in [1.807, 2.05) is 6.20 Å². The first-order valence-corrected chi connectivity index (χ1v) is 7.64. The van der Waals surface area contributed by atoms with E-state index in [-0.39, 0.29) is 0 Å². The topological polar surface area (TPSA) is 29.9 Å². The van der Waals surface area contributed by atoms with Gasteiger partial charge in [0.05, 0.1) is 11.7 Å². The summed E-state index contributed by atoms with van der Waals surface area (Å²) in [5.41, 5.74) is 2.66. The van der Waals surface area contributed by atoms with Crippen LogP contribution in [0.25, 0.3) is 0 Å². The summed E-state index contributed by atoms with van der Waals surface area (Å²) in [7, 11) is 0. The fourth-order valence-electron chi connectivity index (χ4n) is 2.49. The molecule has 3 heteroatoms. The van der Waals surface area contributed by atoms with Crippen LogP contribution in [-0.2, 0) is 13.0 Å². The van der Waals surface area contributed by atoms with E-state index in [4.69, 9.17) is 0 Å². The van der Waals surface area contributed by atoms with Crippen LogP contribution >= 0.6 is 0 Å². The maximum Gasteiger partial charge on any atom is 0.0556 e. The molecule has 1 heterocycles. The van der Waals surface area contributed by atoms with Crippen molar-refractivity contribution in [2.75, 3.05) is 6.54 Å². The molecule has 2 rings (SSSR count). The minimum absolute atomic E-state index is 0.339. The van der Waals surface area contributed by atoms with Crippen molar-refractivity contribution in [1.29, 1.82) is 0 Å². The first-order chi connectivity index (χ1) is 9.85. The molecule has 0 aliphatic heterocycles. The van der Waals surface area contributed by atoms with Gasteiger partial charge in [0, 0.05) is 12.7 Å². The van der Waals surface area contributed by atoms with Gasteiger partial charge in [-0.05, 0) is 37.4 Å². The highest BCUT2D eigenvalue weighted by Gasteiger charge is 2.15. The van der Waals surface area contributed by atoms with E-state index < -0.39 is 0 Å². The highest BCUT2D eigenvalue weighted by molar-refractivity contribution is 5.19. The third-order valence-electron chi connectivity index (χ3n) is 3.47. The Morgan fingerprint density at radius 1 is 1.10 bits per heavy atom. The lowest BCUT2D eigenvalue weighted by molar-refractivity contribution is 0.468. The maximum atomic E-state index is 4.45. The van der Waals surface area contributed by atoms with E-state index in [1.54, 1.807) is 0 Å². The Bertz CT molecular complexity index is 490. The van der Waals surface area contributed by atoms with E-state index in [9.17, 15) is 0 Å². The zero-order chi connectivity index (χ0) is 14.2. The van der Waals surface area contributed by atoms with Gasteiger partial charge in [0.2, 0.25) is 0 Å². The molecule has 0 amide bonds. The van der Waals surface area contributed by atoms with Gasteiger partial charge in [0.25, 0.3) is 0 Å². The lowest BCUT2D eigenvalue weighted by atomic mass is 10.0. The van der Waals surface area contributed by atoms with Gasteiger partial charge >= 0.3 is 0 Å². The van der Waals surface area contributed by atoms with E-state index in [1.165, 1.54) is 11.3 Å². The minimum Gasteiger partial charge on any atom is -0.308 e. The lowest BCUT2D eigenvalue weighted by Gasteiger charge is -2.20. The van der Waals surface area contributed by atoms with E-state index in [0.717, 1.165) is 32.4 Å². The van der Waals surface area contributed by atoms with Crippen LogP contribution in [0.1, 0.15) is 44.0 Å². The van der Waals surface area contributed by atoms with Crippen molar-refractivity contribution in [1.82, 2.24) is 15.1 Å². The largest absolute Gasteiger partial charge is 0.308 e. The van der Waals surface area contributed by atoms with Crippen LogP contribution in [0, 0.1) is 0 Å². The molecule has 0 aliphatic carbocycles. The Hall–Kier alpha value is -1.61. The molecule has 1 aromatic carbocycles. The molecule has 1 aromatic heterocycles. The monoisotopic (exact) mass is 271 g/mol. The molecule has 3 nitrogen and oxygen atoms in total. The van der Waals surface area contributed by atoms with Crippen LogP contribution in [0.3, 0.4) is 0 Å². The minimum atomic E-state index is 0.339. The Morgan fingerprint density at radius 2 is 1.90 bits per heavy atom. The number of hydrogen-bond acceptors (Lipinski definition) is 2. The van der Waals surface area contributed by atoms with Crippen LogP contribution in [0.15, 0.2) is 42.6 Å². The molecule has 0 spiro atoms. The van der Waals surface area contributed by atoms with Gasteiger partial charge in [-0.1, -0.05) is 44.2 Å². The van der Waals surface area contributed by atoms with Gasteiger partial charge in [-0.15, -0.1) is 0 Å². The first kappa shape index (κ1) is 14.8. The first-order valence-electron chi connectivity index (χ1n) is 7.64. The number of hydrogen-bond donors (Lipinski definition) is 1. The zero-order valence-electron chi connectivity index (χ0n) is 12.5. The van der Waals surface area contributed by atoms with Gasteiger partial charge in [-0.3, -0.25) is 4.68 Å². The van der Waals surface area contributed by atoms with Gasteiger partial charge in [0.1, 0.15) is 0 Å². The smallest absolute Gasteiger partial charge is 0.0556 e. The van der Waals surface area contributed by atoms with Crippen molar-refractivity contribution >= 4 is 0 Å². The number of nitrogens with one attached hydrogen (secondary N) is 1. The summed E-state index contributed by atoms with van der Waals surface area (Å²) < 4.78 is 2.14. The number of nitrogens with zero attached hydrogens (tertiary/aromatic N) is 2. The van der Waals surface area contributed by atoms with Crippen LogP contribution in [0.2, 0.25) is 0 Å². The Kier molecular flexibility index (Phi) is 5.81. The molecule has 0 radical (unpaired) electrons. The molecule has 1 atom stereocenters. The summed E-state index contributed by atoms with van der Waals surface area (Å²) in [6, 6.07) is 13.2. The van der Waals surface area contributed by atoms with Crippen molar-refractivity contribution < 1.29 is 0 Å². The van der Waals surface area contributed by atoms with Crippen LogP contribution in [0.4, 0.5) is 0 Å². The number of aromatic nitrogens is 2. The maximum absolute atomic E-state index is 4.45. The molecular weight excluding hydrogens is 246 g/mol. The van der Waals surface area contributed by atoms with Gasteiger partial charge < -0.3 is 5.32 Å². The number of rotatable bonds is 8. The second kappa shape index (κ2) is 7.85. The molecule has 0 saturated heterocycles. The molecule has 0 fully saturated rings.